The molecular formula is C17H26N2O3. The van der Waals surface area contributed by atoms with Gasteiger partial charge in [-0.2, -0.15) is 0 Å². The molecule has 1 fully saturated rings. The van der Waals surface area contributed by atoms with Crippen molar-refractivity contribution in [2.75, 3.05) is 18.5 Å². The second kappa shape index (κ2) is 7.49. The van der Waals surface area contributed by atoms with Crippen molar-refractivity contribution in [1.82, 2.24) is 5.32 Å². The van der Waals surface area contributed by atoms with Crippen LogP contribution in [0.4, 0.5) is 10.5 Å². The van der Waals surface area contributed by atoms with Crippen molar-refractivity contribution in [2.24, 2.45) is 5.92 Å². The lowest BCUT2D eigenvalue weighted by atomic mass is 10.0. The number of aliphatic hydroxyl groups is 1. The minimum Gasteiger partial charge on any atom is -0.493 e. The summed E-state index contributed by atoms with van der Waals surface area (Å²) in [7, 11) is 0. The zero-order chi connectivity index (χ0) is 16.0. The Bertz CT molecular complexity index is 496. The van der Waals surface area contributed by atoms with Gasteiger partial charge in [-0.15, -0.1) is 0 Å². The van der Waals surface area contributed by atoms with Crippen LogP contribution >= 0.6 is 0 Å². The summed E-state index contributed by atoms with van der Waals surface area (Å²) in [5.74, 6) is 1.19. The van der Waals surface area contributed by atoms with Gasteiger partial charge in [0.25, 0.3) is 0 Å². The first-order valence-corrected chi connectivity index (χ1v) is 7.97. The Balaban J connectivity index is 1.82. The van der Waals surface area contributed by atoms with Gasteiger partial charge < -0.3 is 20.5 Å². The number of nitrogens with one attached hydrogen (secondary N) is 2. The van der Waals surface area contributed by atoms with Crippen LogP contribution < -0.4 is 15.4 Å². The fourth-order valence-electron chi connectivity index (χ4n) is 2.56. The Morgan fingerprint density at radius 2 is 2.09 bits per heavy atom. The lowest BCUT2D eigenvalue weighted by molar-refractivity contribution is 0.0506. The molecule has 0 radical (unpaired) electrons. The molecule has 1 aliphatic carbocycles. The van der Waals surface area contributed by atoms with Crippen LogP contribution in [0.1, 0.15) is 39.5 Å². The van der Waals surface area contributed by atoms with E-state index in [9.17, 15) is 9.90 Å². The van der Waals surface area contributed by atoms with Gasteiger partial charge in [-0.3, -0.25) is 0 Å². The van der Waals surface area contributed by atoms with Crippen molar-refractivity contribution in [3.8, 4) is 5.75 Å². The number of benzene rings is 1. The number of amides is 2. The predicted octanol–water partition coefficient (Wildman–Crippen LogP) is 3.15. The summed E-state index contributed by atoms with van der Waals surface area (Å²) >= 11 is 0. The zero-order valence-corrected chi connectivity index (χ0v) is 13.4. The normalized spacial score (nSPS) is 16.5. The van der Waals surface area contributed by atoms with Gasteiger partial charge in [0.15, 0.2) is 0 Å². The third-order valence-electron chi connectivity index (χ3n) is 3.79. The average Bonchev–Trinajstić information content (AvgIpc) is 2.91. The van der Waals surface area contributed by atoms with Crippen molar-refractivity contribution in [3.05, 3.63) is 24.3 Å². The summed E-state index contributed by atoms with van der Waals surface area (Å²) in [5.41, 5.74) is -0.0586. The van der Waals surface area contributed by atoms with E-state index in [0.717, 1.165) is 31.4 Å². The Morgan fingerprint density at radius 3 is 2.77 bits per heavy atom. The standard InChI is InChI=1S/C17H26N2O3/c1-13(2)11-22-15-7-5-6-14(10-15)19-16(20)18-12-17(21)8-3-4-9-17/h5-7,10,13,21H,3-4,8-9,11-12H2,1-2H3,(H2,18,19,20). The van der Waals surface area contributed by atoms with E-state index in [1.807, 2.05) is 18.2 Å². The van der Waals surface area contributed by atoms with E-state index in [-0.39, 0.29) is 6.03 Å². The monoisotopic (exact) mass is 306 g/mol. The van der Waals surface area contributed by atoms with Crippen LogP contribution in [-0.4, -0.2) is 29.9 Å². The Labute approximate surface area is 132 Å². The number of carbonyl (C=O) groups excluding carboxylic acids is 1. The summed E-state index contributed by atoms with van der Waals surface area (Å²) in [5, 5.41) is 15.7. The highest BCUT2D eigenvalue weighted by Crippen LogP contribution is 2.28. The van der Waals surface area contributed by atoms with Gasteiger partial charge in [-0.1, -0.05) is 32.8 Å². The Kier molecular flexibility index (Phi) is 5.66. The number of carbonyl (C=O) groups is 1. The molecule has 1 aromatic carbocycles. The lowest BCUT2D eigenvalue weighted by Crippen LogP contribution is -2.42. The Hall–Kier alpha value is -1.75. The molecule has 0 aromatic heterocycles. The molecule has 0 bridgehead atoms. The van der Waals surface area contributed by atoms with Gasteiger partial charge in [0.2, 0.25) is 0 Å². The van der Waals surface area contributed by atoms with Gasteiger partial charge in [0.1, 0.15) is 5.75 Å². The maximum atomic E-state index is 11.9. The molecule has 3 N–H and O–H groups in total. The molecule has 0 atom stereocenters. The summed E-state index contributed by atoms with van der Waals surface area (Å²) in [6.07, 6.45) is 3.56. The highest BCUT2D eigenvalue weighted by molar-refractivity contribution is 5.89. The van der Waals surface area contributed by atoms with E-state index in [0.29, 0.717) is 24.8 Å². The highest BCUT2D eigenvalue weighted by atomic mass is 16.5. The van der Waals surface area contributed by atoms with Crippen LogP contribution in [0.5, 0.6) is 5.75 Å². The second-order valence-electron chi connectivity index (χ2n) is 6.47. The number of rotatable bonds is 6. The van der Waals surface area contributed by atoms with Crippen LogP contribution in [-0.2, 0) is 0 Å². The van der Waals surface area contributed by atoms with E-state index >= 15 is 0 Å². The molecule has 0 saturated heterocycles. The second-order valence-corrected chi connectivity index (χ2v) is 6.47. The molecule has 122 valence electrons. The minimum absolute atomic E-state index is 0.294. The van der Waals surface area contributed by atoms with Crippen LogP contribution in [0.3, 0.4) is 0 Å². The molecule has 1 saturated carbocycles. The van der Waals surface area contributed by atoms with Gasteiger partial charge >= 0.3 is 6.03 Å². The van der Waals surface area contributed by atoms with Crippen LogP contribution in [0.25, 0.3) is 0 Å². The maximum Gasteiger partial charge on any atom is 0.319 e. The van der Waals surface area contributed by atoms with Crippen molar-refractivity contribution in [3.63, 3.8) is 0 Å². The maximum absolute atomic E-state index is 11.9. The number of ether oxygens (including phenoxy) is 1. The highest BCUT2D eigenvalue weighted by Gasteiger charge is 2.31. The van der Waals surface area contributed by atoms with E-state index in [1.54, 1.807) is 6.07 Å². The first-order chi connectivity index (χ1) is 10.5. The van der Waals surface area contributed by atoms with Crippen LogP contribution in [0.2, 0.25) is 0 Å². The lowest BCUT2D eigenvalue weighted by Gasteiger charge is -2.22. The van der Waals surface area contributed by atoms with E-state index in [1.165, 1.54) is 0 Å². The molecule has 0 unspecified atom stereocenters. The van der Waals surface area contributed by atoms with Crippen LogP contribution in [0, 0.1) is 5.92 Å². The molecule has 22 heavy (non-hydrogen) atoms. The van der Waals surface area contributed by atoms with Crippen molar-refractivity contribution in [2.45, 2.75) is 45.1 Å². The molecule has 0 spiro atoms. The van der Waals surface area contributed by atoms with Gasteiger partial charge in [0.05, 0.1) is 12.2 Å². The first-order valence-electron chi connectivity index (χ1n) is 7.97. The van der Waals surface area contributed by atoms with Crippen LogP contribution in [0.15, 0.2) is 24.3 Å². The summed E-state index contributed by atoms with van der Waals surface area (Å²) in [6, 6.07) is 7.02. The fraction of sp³-hybridized carbons (Fsp3) is 0.588. The molecule has 2 amide bonds. The molecule has 5 heteroatoms. The minimum atomic E-state index is -0.737. The van der Waals surface area contributed by atoms with Crippen molar-refractivity contribution >= 4 is 11.7 Å². The number of anilines is 1. The SMILES string of the molecule is CC(C)COc1cccc(NC(=O)NCC2(O)CCCC2)c1. The molecular weight excluding hydrogens is 280 g/mol. The fourth-order valence-corrected chi connectivity index (χ4v) is 2.56. The van der Waals surface area contributed by atoms with E-state index in [4.69, 9.17) is 4.74 Å². The number of hydrogen-bond donors (Lipinski definition) is 3. The number of urea groups is 1. The van der Waals surface area contributed by atoms with Gasteiger partial charge in [-0.05, 0) is 30.9 Å². The third-order valence-corrected chi connectivity index (χ3v) is 3.79. The van der Waals surface area contributed by atoms with Gasteiger partial charge in [0, 0.05) is 18.3 Å². The predicted molar refractivity (Wildman–Crippen MR) is 87.2 cm³/mol. The molecule has 5 nitrogen and oxygen atoms in total. The largest absolute Gasteiger partial charge is 0.493 e. The first kappa shape index (κ1) is 16.6. The smallest absolute Gasteiger partial charge is 0.319 e. The van der Waals surface area contributed by atoms with E-state index < -0.39 is 5.60 Å². The van der Waals surface area contributed by atoms with Crippen molar-refractivity contribution < 1.29 is 14.6 Å². The summed E-state index contributed by atoms with van der Waals surface area (Å²) in [4.78, 5) is 11.9. The summed E-state index contributed by atoms with van der Waals surface area (Å²) < 4.78 is 5.64. The summed E-state index contributed by atoms with van der Waals surface area (Å²) in [6.45, 7) is 5.11. The quantitative estimate of drug-likeness (QED) is 0.756. The zero-order valence-electron chi connectivity index (χ0n) is 13.4. The van der Waals surface area contributed by atoms with E-state index in [2.05, 4.69) is 24.5 Å². The van der Waals surface area contributed by atoms with Crippen molar-refractivity contribution in [1.29, 1.82) is 0 Å². The van der Waals surface area contributed by atoms with Gasteiger partial charge in [-0.25, -0.2) is 4.79 Å². The topological polar surface area (TPSA) is 70.6 Å². The molecule has 0 heterocycles. The number of hydrogen-bond acceptors (Lipinski definition) is 3. The molecule has 0 aliphatic heterocycles. The molecule has 1 aliphatic rings. The molecule has 2 rings (SSSR count). The Morgan fingerprint density at radius 1 is 1.36 bits per heavy atom. The third kappa shape index (κ3) is 5.22. The molecule has 1 aromatic rings. The average molecular weight is 306 g/mol.